The number of hydrogen-bond acceptors (Lipinski definition) is 2. The molecule has 0 N–H and O–H groups in total. The number of nitrogens with zero attached hydrogens (tertiary/aromatic N) is 2. The molecule has 8 aromatic rings. The van der Waals surface area contributed by atoms with Gasteiger partial charge in [0.05, 0.1) is 15.7 Å². The van der Waals surface area contributed by atoms with Gasteiger partial charge in [-0.15, -0.1) is 13.2 Å². The first-order chi connectivity index (χ1) is 35.6. The maximum absolute atomic E-state index is 6.19. The van der Waals surface area contributed by atoms with Crippen LogP contribution in [-0.4, -0.2) is 51.5 Å². The number of hydrogen-bond donors (Lipinski definition) is 0. The van der Waals surface area contributed by atoms with Crippen LogP contribution in [0.4, 0.5) is 0 Å². The van der Waals surface area contributed by atoms with E-state index in [1.54, 1.807) is 89.9 Å². The first kappa shape index (κ1) is 46.8. The number of benzene rings is 8. The van der Waals surface area contributed by atoms with Crippen LogP contribution in [0.5, 0.6) is 0 Å². The summed E-state index contributed by atoms with van der Waals surface area (Å²) in [4.78, 5) is 4.95. The van der Waals surface area contributed by atoms with E-state index < -0.39 is 0 Å². The molecule has 2 heterocycles. The van der Waals surface area contributed by atoms with Crippen LogP contribution in [0, 0.1) is 94.7 Å². The first-order valence-corrected chi connectivity index (χ1v) is 29.7. The van der Waals surface area contributed by atoms with Gasteiger partial charge in [0.2, 0.25) is 0 Å². The minimum Gasteiger partial charge on any atom is -0.311 e. The van der Waals surface area contributed by atoms with Gasteiger partial charge >= 0.3 is 0 Å². The van der Waals surface area contributed by atoms with Crippen molar-refractivity contribution in [1.29, 1.82) is 0 Å². The van der Waals surface area contributed by atoms with Gasteiger partial charge < -0.3 is 9.80 Å². The molecule has 1 saturated heterocycles. The third-order valence-corrected chi connectivity index (χ3v) is 24.2. The molecule has 8 aromatic carbocycles. The molecule has 2 aliphatic heterocycles. The smallest absolute Gasteiger partial charge is 0.0863 e. The van der Waals surface area contributed by atoms with Crippen LogP contribution in [0.2, 0.25) is 0 Å². The fourth-order valence-electron chi connectivity index (χ4n) is 22.5. The normalized spacial score (nSPS) is 37.0. The molecule has 0 bridgehead atoms. The molecule has 372 valence electrons. The molecule has 73 heavy (non-hydrogen) atoms. The zero-order chi connectivity index (χ0) is 47.7. The molecule has 0 amide bonds. The summed E-state index contributed by atoms with van der Waals surface area (Å²) in [5, 5.41) is 19.3. The van der Waals surface area contributed by atoms with E-state index in [1.165, 1.54) is 117 Å². The van der Waals surface area contributed by atoms with Gasteiger partial charge in [0, 0.05) is 46.6 Å². The fourth-order valence-corrected chi connectivity index (χ4v) is 22.5. The predicted molar refractivity (Wildman–Crippen MR) is 305 cm³/mol. The molecule has 5 heteroatoms. The average molecular weight is 1050 g/mol. The first-order valence-electron chi connectivity index (χ1n) is 29.7. The summed E-state index contributed by atoms with van der Waals surface area (Å²) in [5.74, 6) is 18.0. The van der Waals surface area contributed by atoms with Crippen molar-refractivity contribution in [2.45, 2.75) is 103 Å². The molecule has 0 aromatic heterocycles. The Balaban J connectivity index is 0.000000124. The van der Waals surface area contributed by atoms with Crippen LogP contribution in [0.15, 0.2) is 98.1 Å². The van der Waals surface area contributed by atoms with E-state index in [2.05, 4.69) is 108 Å². The van der Waals surface area contributed by atoms with Crippen LogP contribution < -0.4 is 0 Å². The van der Waals surface area contributed by atoms with Crippen molar-refractivity contribution < 1.29 is 20.4 Å². The zero-order valence-electron chi connectivity index (χ0n) is 43.2. The quantitative estimate of drug-likeness (QED) is 0.0737. The average Bonchev–Trinajstić information content (AvgIpc) is 3.44. The molecule has 10 unspecified atom stereocenters. The van der Waals surface area contributed by atoms with E-state index in [0.717, 1.165) is 96.5 Å². The van der Waals surface area contributed by atoms with Crippen LogP contribution in [-0.2, 0) is 33.5 Å². The summed E-state index contributed by atoms with van der Waals surface area (Å²) in [6, 6.07) is 32.3. The second-order valence-corrected chi connectivity index (χ2v) is 26.1. The van der Waals surface area contributed by atoms with Crippen molar-refractivity contribution in [1.82, 2.24) is 9.80 Å². The van der Waals surface area contributed by atoms with Crippen LogP contribution >= 0.6 is 0 Å². The fraction of sp³-hybridized carbons (Fsp3) is 0.529. The van der Waals surface area contributed by atoms with Crippen molar-refractivity contribution in [3.8, 4) is 0 Å². The monoisotopic (exact) mass is 1050 g/mol. The third-order valence-electron chi connectivity index (χ3n) is 24.2. The van der Waals surface area contributed by atoms with Crippen molar-refractivity contribution in [2.75, 3.05) is 26.0 Å². The second-order valence-electron chi connectivity index (χ2n) is 26.1. The van der Waals surface area contributed by atoms with Gasteiger partial charge in [0.25, 0.3) is 0 Å². The molecule has 9 fully saturated rings. The third kappa shape index (κ3) is 6.47. The summed E-state index contributed by atoms with van der Waals surface area (Å²) in [5.41, 5.74) is 2.79. The van der Waals surface area contributed by atoms with Crippen LogP contribution in [0.1, 0.15) is 101 Å². The Labute approximate surface area is 451 Å². The number of likely N-dealkylation sites (tertiary alicyclic amines) is 1. The van der Waals surface area contributed by atoms with Gasteiger partial charge in [-0.2, -0.15) is 0 Å². The molecule has 10 atom stereocenters. The zero-order valence-corrected chi connectivity index (χ0v) is 44.8. The van der Waals surface area contributed by atoms with Gasteiger partial charge in [-0.3, -0.25) is 0 Å². The van der Waals surface area contributed by atoms with Gasteiger partial charge in [-0.05, 0) is 258 Å². The molecule has 2 nitrogen and oxygen atoms in total. The largest absolute Gasteiger partial charge is 0.311 e. The van der Waals surface area contributed by atoms with Gasteiger partial charge in [0.1, 0.15) is 0 Å². The maximum Gasteiger partial charge on any atom is 0.0863 e. The Hall–Kier alpha value is -3.45. The second kappa shape index (κ2) is 17.8. The molecule has 8 aliphatic carbocycles. The SMILES string of the molecule is C=C.[B]CN1CC2CCC3C4CCC5C6CCCC7CCCC(C8CCC(C9CCC(C1)C2C39)C4C58)C76.[B]CN1Cc2ccc3c4ccc5c6cccc7cccc(c8ccc(c9ccc(c2c39)C1)c4c58)c76.[Pd]. The number of rotatable bonds is 2. The Kier molecular flexibility index (Phi) is 11.4. The summed E-state index contributed by atoms with van der Waals surface area (Å²) in [6.07, 6.45) is 23.9. The van der Waals surface area contributed by atoms with Crippen molar-refractivity contribution >= 4 is 91.1 Å². The number of piperidine rings is 1. The minimum absolute atomic E-state index is 0. The van der Waals surface area contributed by atoms with Crippen LogP contribution in [0.3, 0.4) is 0 Å². The summed E-state index contributed by atoms with van der Waals surface area (Å²) in [7, 11) is 12.2. The van der Waals surface area contributed by atoms with Crippen LogP contribution in [0.25, 0.3) is 75.4 Å². The van der Waals surface area contributed by atoms with Gasteiger partial charge in [-0.1, -0.05) is 111 Å². The van der Waals surface area contributed by atoms with E-state index in [0.29, 0.717) is 6.44 Å². The summed E-state index contributed by atoms with van der Waals surface area (Å²) < 4.78 is 0. The summed E-state index contributed by atoms with van der Waals surface area (Å²) in [6.45, 7) is 10.5. The van der Waals surface area contributed by atoms with E-state index in [-0.39, 0.29) is 20.4 Å². The molecule has 18 rings (SSSR count). The minimum atomic E-state index is 0. The molecule has 0 spiro atoms. The molecular weight excluding hydrogens is 973 g/mol. The van der Waals surface area contributed by atoms with Crippen molar-refractivity contribution in [3.05, 3.63) is 109 Å². The van der Waals surface area contributed by atoms with E-state index in [1.807, 2.05) is 0 Å². The Morgan fingerprint density at radius 3 is 1.16 bits per heavy atom. The molecule has 4 radical (unpaired) electrons. The van der Waals surface area contributed by atoms with Gasteiger partial charge in [-0.25, -0.2) is 0 Å². The van der Waals surface area contributed by atoms with Crippen molar-refractivity contribution in [3.63, 3.8) is 0 Å². The number of fused-ring (bicyclic) bond motifs is 8. The Morgan fingerprint density at radius 2 is 0.726 bits per heavy atom. The Morgan fingerprint density at radius 1 is 0.356 bits per heavy atom. The topological polar surface area (TPSA) is 6.48 Å². The Bertz CT molecular complexity index is 3220. The van der Waals surface area contributed by atoms with E-state index in [4.69, 9.17) is 15.7 Å². The maximum atomic E-state index is 6.19. The standard InChI is InChI=1S/C33H50BN.C33H20BN.C2H4.Pd/c2*34-17-35-15-19-7-9-23-27-13-11-25-21-5-1-3-18-4-2-6-22(30(18)21)26-12-14-28(33(27)32(25)26)24-10-8-20(16-35)29(19)31(23)24;1-2;/h18-33H,1-17H2;1-14H,15-17H2;1-2H2;. The van der Waals surface area contributed by atoms with E-state index in [9.17, 15) is 0 Å². The summed E-state index contributed by atoms with van der Waals surface area (Å²) >= 11 is 0. The molecule has 10 aliphatic rings. The van der Waals surface area contributed by atoms with Gasteiger partial charge in [0.15, 0.2) is 0 Å². The van der Waals surface area contributed by atoms with E-state index >= 15 is 0 Å². The molecule has 8 saturated carbocycles. The molecular formula is C68H74B2N2Pd. The predicted octanol–water partition coefficient (Wildman–Crippen LogP) is 15.7. The van der Waals surface area contributed by atoms with Crippen molar-refractivity contribution in [2.24, 2.45) is 94.7 Å².